The summed E-state index contributed by atoms with van der Waals surface area (Å²) in [4.78, 5) is 15.2. The van der Waals surface area contributed by atoms with Crippen LogP contribution in [0.4, 0.5) is 11.6 Å². The molecule has 0 spiro atoms. The van der Waals surface area contributed by atoms with Gasteiger partial charge in [-0.25, -0.2) is 0 Å². The van der Waals surface area contributed by atoms with Crippen LogP contribution in [0.25, 0.3) is 22.0 Å². The lowest BCUT2D eigenvalue weighted by molar-refractivity contribution is 0.477. The summed E-state index contributed by atoms with van der Waals surface area (Å²) in [6.45, 7) is 2.00. The third kappa shape index (κ3) is 2.88. The normalized spacial score (nSPS) is 10.8. The number of phenols is 1. The van der Waals surface area contributed by atoms with Crippen molar-refractivity contribution in [2.24, 2.45) is 0 Å². The molecule has 0 saturated heterocycles. The minimum Gasteiger partial charge on any atom is -0.507 e. The molecule has 0 unspecified atom stereocenters. The molecule has 0 aliphatic rings. The third-order valence-corrected chi connectivity index (χ3v) is 4.16. The molecule has 0 fully saturated rings. The minimum atomic E-state index is -0.429. The second-order valence-electron chi connectivity index (χ2n) is 6.02. The van der Waals surface area contributed by atoms with Gasteiger partial charge in [0.15, 0.2) is 5.69 Å². The minimum absolute atomic E-state index is 0.0113. The van der Waals surface area contributed by atoms with Gasteiger partial charge in [-0.05, 0) is 35.9 Å². The van der Waals surface area contributed by atoms with Crippen LogP contribution >= 0.6 is 0 Å². The highest BCUT2D eigenvalue weighted by Gasteiger charge is 2.15. The first-order valence-corrected chi connectivity index (χ1v) is 8.13. The van der Waals surface area contributed by atoms with Crippen molar-refractivity contribution in [1.29, 1.82) is 0 Å². The molecule has 0 amide bonds. The number of fused-ring (bicyclic) bond motifs is 1. The molecule has 0 radical (unpaired) electrons. The average Bonchev–Trinajstić information content (AvgIpc) is 2.65. The van der Waals surface area contributed by atoms with Crippen LogP contribution in [0.15, 0.2) is 65.5 Å². The second-order valence-corrected chi connectivity index (χ2v) is 6.02. The molecule has 0 saturated carbocycles. The summed E-state index contributed by atoms with van der Waals surface area (Å²) in [5.74, 6) is 0.227. The Morgan fingerprint density at radius 1 is 0.962 bits per heavy atom. The zero-order valence-electron chi connectivity index (χ0n) is 14.0. The van der Waals surface area contributed by atoms with E-state index in [9.17, 15) is 9.90 Å². The van der Waals surface area contributed by atoms with E-state index in [2.05, 4.69) is 20.5 Å². The van der Waals surface area contributed by atoms with E-state index in [0.717, 1.165) is 22.0 Å². The summed E-state index contributed by atoms with van der Waals surface area (Å²) in [5, 5.41) is 23.1. The van der Waals surface area contributed by atoms with Crippen LogP contribution in [0.5, 0.6) is 5.75 Å². The molecule has 6 nitrogen and oxygen atoms in total. The lowest BCUT2D eigenvalue weighted by Gasteiger charge is -2.09. The smallest absolute Gasteiger partial charge is 0.279 e. The number of aromatic nitrogens is 3. The van der Waals surface area contributed by atoms with Crippen LogP contribution in [-0.2, 0) is 0 Å². The van der Waals surface area contributed by atoms with Crippen molar-refractivity contribution < 1.29 is 5.11 Å². The van der Waals surface area contributed by atoms with Gasteiger partial charge in [0.1, 0.15) is 5.75 Å². The molecule has 128 valence electrons. The fourth-order valence-corrected chi connectivity index (χ4v) is 2.84. The van der Waals surface area contributed by atoms with E-state index >= 15 is 0 Å². The molecule has 6 heteroatoms. The van der Waals surface area contributed by atoms with E-state index in [1.807, 2.05) is 55.5 Å². The van der Waals surface area contributed by atoms with E-state index in [0.29, 0.717) is 5.56 Å². The van der Waals surface area contributed by atoms with Crippen LogP contribution in [0.3, 0.4) is 0 Å². The number of hydrogen-bond acceptors (Lipinski definition) is 5. The van der Waals surface area contributed by atoms with E-state index in [-0.39, 0.29) is 17.4 Å². The van der Waals surface area contributed by atoms with Gasteiger partial charge in [0.25, 0.3) is 5.56 Å². The van der Waals surface area contributed by atoms with E-state index < -0.39 is 5.56 Å². The van der Waals surface area contributed by atoms with E-state index in [1.54, 1.807) is 12.1 Å². The van der Waals surface area contributed by atoms with Gasteiger partial charge in [-0.15, -0.1) is 10.2 Å². The maximum Gasteiger partial charge on any atom is 0.279 e. The Morgan fingerprint density at radius 3 is 2.50 bits per heavy atom. The fourth-order valence-electron chi connectivity index (χ4n) is 2.84. The second kappa shape index (κ2) is 6.33. The highest BCUT2D eigenvalue weighted by molar-refractivity contribution is 5.98. The molecular weight excluding hydrogens is 328 g/mol. The number of H-pyrrole nitrogens is 1. The summed E-state index contributed by atoms with van der Waals surface area (Å²) < 4.78 is 0. The van der Waals surface area contributed by atoms with Gasteiger partial charge in [0.2, 0.25) is 5.95 Å². The number of benzene rings is 3. The van der Waals surface area contributed by atoms with Gasteiger partial charge in [0, 0.05) is 5.69 Å². The highest BCUT2D eigenvalue weighted by atomic mass is 16.3. The predicted octanol–water partition coefficient (Wildman–Crippen LogP) is 3.74. The Morgan fingerprint density at radius 2 is 1.73 bits per heavy atom. The molecule has 0 aliphatic heterocycles. The largest absolute Gasteiger partial charge is 0.507 e. The molecule has 1 heterocycles. The van der Waals surface area contributed by atoms with Crippen molar-refractivity contribution in [2.75, 3.05) is 5.32 Å². The number of rotatable bonds is 3. The van der Waals surface area contributed by atoms with Crippen molar-refractivity contribution >= 4 is 22.4 Å². The van der Waals surface area contributed by atoms with Gasteiger partial charge < -0.3 is 10.4 Å². The van der Waals surface area contributed by atoms with E-state index in [4.69, 9.17) is 0 Å². The highest BCUT2D eigenvalue weighted by Crippen LogP contribution is 2.33. The quantitative estimate of drug-likeness (QED) is 0.527. The van der Waals surface area contributed by atoms with Crippen LogP contribution in [0.2, 0.25) is 0 Å². The average molecular weight is 344 g/mol. The van der Waals surface area contributed by atoms with Crippen molar-refractivity contribution in [1.82, 2.24) is 15.2 Å². The van der Waals surface area contributed by atoms with Crippen LogP contribution in [0, 0.1) is 6.92 Å². The first-order valence-electron chi connectivity index (χ1n) is 8.13. The first kappa shape index (κ1) is 15.8. The number of hydrogen-bond donors (Lipinski definition) is 3. The molecule has 3 aromatic carbocycles. The summed E-state index contributed by atoms with van der Waals surface area (Å²) in [6.07, 6.45) is 0. The van der Waals surface area contributed by atoms with Gasteiger partial charge in [-0.1, -0.05) is 48.0 Å². The molecule has 0 atom stereocenters. The van der Waals surface area contributed by atoms with Crippen LogP contribution in [0.1, 0.15) is 5.56 Å². The van der Waals surface area contributed by atoms with Crippen molar-refractivity contribution in [3.63, 3.8) is 0 Å². The number of phenolic OH excluding ortho intramolecular Hbond substituents is 1. The molecular formula is C20H16N4O2. The van der Waals surface area contributed by atoms with Crippen LogP contribution < -0.4 is 10.9 Å². The SMILES string of the molecule is Cc1ccc(Nc2nnc(-c3c(O)ccc4ccccc34)c(=O)[nH]2)cc1. The number of anilines is 2. The van der Waals surface area contributed by atoms with Crippen LogP contribution in [-0.4, -0.2) is 20.3 Å². The summed E-state index contributed by atoms with van der Waals surface area (Å²) in [6, 6.07) is 18.5. The van der Waals surface area contributed by atoms with Crippen molar-refractivity contribution in [2.45, 2.75) is 6.92 Å². The van der Waals surface area contributed by atoms with Crippen molar-refractivity contribution in [3.05, 3.63) is 76.6 Å². The maximum atomic E-state index is 12.6. The summed E-state index contributed by atoms with van der Waals surface area (Å²) in [5.41, 5.74) is 1.95. The molecule has 4 aromatic rings. The Balaban J connectivity index is 1.77. The summed E-state index contributed by atoms with van der Waals surface area (Å²) in [7, 11) is 0. The van der Waals surface area contributed by atoms with Gasteiger partial charge in [-0.2, -0.15) is 0 Å². The van der Waals surface area contributed by atoms with Gasteiger partial charge >= 0.3 is 0 Å². The molecule has 0 aliphatic carbocycles. The Kier molecular flexibility index (Phi) is 3.85. The van der Waals surface area contributed by atoms with Gasteiger partial charge in [-0.3, -0.25) is 9.78 Å². The summed E-state index contributed by atoms with van der Waals surface area (Å²) >= 11 is 0. The molecule has 4 rings (SSSR count). The Bertz CT molecular complexity index is 1150. The molecule has 26 heavy (non-hydrogen) atoms. The Hall–Kier alpha value is -3.67. The predicted molar refractivity (Wildman–Crippen MR) is 102 cm³/mol. The first-order chi connectivity index (χ1) is 12.6. The Labute approximate surface area is 149 Å². The molecule has 0 bridgehead atoms. The molecule has 3 N–H and O–H groups in total. The number of nitrogens with zero attached hydrogens (tertiary/aromatic N) is 2. The topological polar surface area (TPSA) is 90.9 Å². The zero-order valence-corrected chi connectivity index (χ0v) is 14.0. The number of aromatic hydroxyl groups is 1. The zero-order chi connectivity index (χ0) is 18.1. The number of aryl methyl sites for hydroxylation is 1. The third-order valence-electron chi connectivity index (χ3n) is 4.16. The standard InChI is InChI=1S/C20H16N4O2/c1-12-6-9-14(10-7-12)21-20-22-19(26)18(23-24-20)17-15-5-3-2-4-13(15)8-11-16(17)25/h2-11,25H,1H3,(H2,21,22,24,26). The number of aromatic amines is 1. The number of nitrogens with one attached hydrogen (secondary N) is 2. The maximum absolute atomic E-state index is 12.6. The molecule has 1 aromatic heterocycles. The lowest BCUT2D eigenvalue weighted by atomic mass is 10.0. The van der Waals surface area contributed by atoms with Crippen molar-refractivity contribution in [3.8, 4) is 17.0 Å². The van der Waals surface area contributed by atoms with Gasteiger partial charge in [0.05, 0.1) is 5.56 Å². The fraction of sp³-hybridized carbons (Fsp3) is 0.0500. The van der Waals surface area contributed by atoms with E-state index in [1.165, 1.54) is 0 Å². The monoisotopic (exact) mass is 344 g/mol. The lowest BCUT2D eigenvalue weighted by Crippen LogP contribution is -2.15.